The van der Waals surface area contributed by atoms with Crippen LogP contribution in [0.3, 0.4) is 0 Å². The summed E-state index contributed by atoms with van der Waals surface area (Å²) >= 11 is 6.21. The lowest BCUT2D eigenvalue weighted by Gasteiger charge is -2.32. The standard InChI is InChI=1S/C17H28ClN3/c1-20-10-7-14(8-11-20)13-21(2)12-9-17(19)15-5-3-4-6-16(15)18/h3-6,14,17H,7-13,19H2,1-2H3. The number of hydrogen-bond donors (Lipinski definition) is 1. The van der Waals surface area contributed by atoms with Crippen molar-refractivity contribution in [3.8, 4) is 0 Å². The van der Waals surface area contributed by atoms with E-state index in [9.17, 15) is 0 Å². The Labute approximate surface area is 134 Å². The number of hydrogen-bond acceptors (Lipinski definition) is 3. The average Bonchev–Trinajstić information content (AvgIpc) is 2.48. The third-order valence-corrected chi connectivity index (χ3v) is 4.88. The van der Waals surface area contributed by atoms with Gasteiger partial charge in [-0.3, -0.25) is 0 Å². The molecule has 1 heterocycles. The van der Waals surface area contributed by atoms with Crippen LogP contribution < -0.4 is 5.73 Å². The SMILES string of the molecule is CN1CCC(CN(C)CCC(N)c2ccccc2Cl)CC1. The first-order chi connectivity index (χ1) is 10.1. The molecule has 0 saturated carbocycles. The van der Waals surface area contributed by atoms with Crippen molar-refractivity contribution in [1.29, 1.82) is 0 Å². The zero-order valence-corrected chi connectivity index (χ0v) is 14.0. The fraction of sp³-hybridized carbons (Fsp3) is 0.647. The van der Waals surface area contributed by atoms with Crippen LogP contribution >= 0.6 is 11.6 Å². The fourth-order valence-corrected chi connectivity index (χ4v) is 3.34. The molecule has 2 N–H and O–H groups in total. The minimum absolute atomic E-state index is 0.0265. The Bertz CT molecular complexity index is 430. The molecule has 118 valence electrons. The van der Waals surface area contributed by atoms with Crippen LogP contribution in [0.4, 0.5) is 0 Å². The number of benzene rings is 1. The Hall–Kier alpha value is -0.610. The molecule has 0 radical (unpaired) electrons. The lowest BCUT2D eigenvalue weighted by atomic mass is 9.96. The van der Waals surface area contributed by atoms with Crippen molar-refractivity contribution >= 4 is 11.6 Å². The number of rotatable bonds is 6. The van der Waals surface area contributed by atoms with E-state index in [0.717, 1.165) is 29.5 Å². The number of piperidine rings is 1. The molecule has 21 heavy (non-hydrogen) atoms. The van der Waals surface area contributed by atoms with Gasteiger partial charge in [0, 0.05) is 17.6 Å². The van der Waals surface area contributed by atoms with E-state index in [1.54, 1.807) is 0 Å². The van der Waals surface area contributed by atoms with E-state index in [0.29, 0.717) is 0 Å². The summed E-state index contributed by atoms with van der Waals surface area (Å²) in [7, 11) is 4.42. The van der Waals surface area contributed by atoms with Crippen molar-refractivity contribution in [2.45, 2.75) is 25.3 Å². The van der Waals surface area contributed by atoms with Gasteiger partial charge in [-0.1, -0.05) is 29.8 Å². The molecule has 0 aromatic heterocycles. The van der Waals surface area contributed by atoms with Gasteiger partial charge in [-0.2, -0.15) is 0 Å². The van der Waals surface area contributed by atoms with E-state index in [1.165, 1.54) is 32.5 Å². The van der Waals surface area contributed by atoms with Gasteiger partial charge in [0.15, 0.2) is 0 Å². The van der Waals surface area contributed by atoms with Crippen molar-refractivity contribution in [3.63, 3.8) is 0 Å². The van der Waals surface area contributed by atoms with Crippen LogP contribution in [0.2, 0.25) is 5.02 Å². The summed E-state index contributed by atoms with van der Waals surface area (Å²) in [6, 6.07) is 7.93. The van der Waals surface area contributed by atoms with E-state index in [1.807, 2.05) is 24.3 Å². The molecule has 1 atom stereocenters. The molecule has 2 rings (SSSR count). The van der Waals surface area contributed by atoms with Crippen molar-refractivity contribution in [3.05, 3.63) is 34.9 Å². The summed E-state index contributed by atoms with van der Waals surface area (Å²) in [5.74, 6) is 0.836. The summed E-state index contributed by atoms with van der Waals surface area (Å²) in [5, 5.41) is 0.781. The van der Waals surface area contributed by atoms with Crippen molar-refractivity contribution < 1.29 is 0 Å². The maximum absolute atomic E-state index is 6.28. The number of halogens is 1. The van der Waals surface area contributed by atoms with Gasteiger partial charge >= 0.3 is 0 Å². The van der Waals surface area contributed by atoms with Gasteiger partial charge in [0.1, 0.15) is 0 Å². The van der Waals surface area contributed by atoms with Gasteiger partial charge in [-0.25, -0.2) is 0 Å². The predicted molar refractivity (Wildman–Crippen MR) is 90.7 cm³/mol. The maximum Gasteiger partial charge on any atom is 0.0453 e. The molecule has 4 heteroatoms. The van der Waals surface area contributed by atoms with E-state index in [4.69, 9.17) is 17.3 Å². The predicted octanol–water partition coefficient (Wildman–Crippen LogP) is 3.00. The topological polar surface area (TPSA) is 32.5 Å². The highest BCUT2D eigenvalue weighted by atomic mass is 35.5. The highest BCUT2D eigenvalue weighted by Crippen LogP contribution is 2.23. The van der Waals surface area contributed by atoms with Gasteiger partial charge in [-0.15, -0.1) is 0 Å². The van der Waals surface area contributed by atoms with Crippen LogP contribution in [0.15, 0.2) is 24.3 Å². The van der Waals surface area contributed by atoms with Crippen LogP contribution in [-0.2, 0) is 0 Å². The quantitative estimate of drug-likeness (QED) is 0.877. The van der Waals surface area contributed by atoms with E-state index >= 15 is 0 Å². The molecule has 1 fully saturated rings. The van der Waals surface area contributed by atoms with Crippen LogP contribution in [-0.4, -0.2) is 50.1 Å². The number of likely N-dealkylation sites (tertiary alicyclic amines) is 1. The molecular weight excluding hydrogens is 282 g/mol. The Morgan fingerprint density at radius 3 is 2.67 bits per heavy atom. The zero-order valence-electron chi connectivity index (χ0n) is 13.3. The summed E-state index contributed by atoms with van der Waals surface area (Å²) in [6.45, 7) is 4.68. The van der Waals surface area contributed by atoms with E-state index in [-0.39, 0.29) is 6.04 Å². The highest BCUT2D eigenvalue weighted by molar-refractivity contribution is 6.31. The van der Waals surface area contributed by atoms with Crippen LogP contribution in [0.25, 0.3) is 0 Å². The van der Waals surface area contributed by atoms with Crippen LogP contribution in [0.1, 0.15) is 30.9 Å². The Morgan fingerprint density at radius 1 is 1.33 bits per heavy atom. The lowest BCUT2D eigenvalue weighted by molar-refractivity contribution is 0.174. The molecule has 3 nitrogen and oxygen atoms in total. The summed E-state index contributed by atoms with van der Waals surface area (Å²) in [4.78, 5) is 4.84. The molecule has 1 saturated heterocycles. The van der Waals surface area contributed by atoms with Crippen LogP contribution in [0, 0.1) is 5.92 Å². The lowest BCUT2D eigenvalue weighted by Crippen LogP contribution is -2.36. The maximum atomic E-state index is 6.28. The minimum Gasteiger partial charge on any atom is -0.324 e. The number of nitrogens with two attached hydrogens (primary N) is 1. The fourth-order valence-electron chi connectivity index (χ4n) is 3.07. The van der Waals surface area contributed by atoms with Gasteiger partial charge < -0.3 is 15.5 Å². The third-order valence-electron chi connectivity index (χ3n) is 4.53. The molecule has 1 aromatic rings. The largest absolute Gasteiger partial charge is 0.324 e. The second kappa shape index (κ2) is 8.14. The molecule has 1 unspecified atom stereocenters. The van der Waals surface area contributed by atoms with Gasteiger partial charge in [0.2, 0.25) is 0 Å². The molecule has 1 aliphatic rings. The Kier molecular flexibility index (Phi) is 6.49. The molecule has 1 aliphatic heterocycles. The van der Waals surface area contributed by atoms with Crippen LogP contribution in [0.5, 0.6) is 0 Å². The second-order valence-corrected chi connectivity index (χ2v) is 6.83. The van der Waals surface area contributed by atoms with Gasteiger partial charge in [0.05, 0.1) is 0 Å². The van der Waals surface area contributed by atoms with E-state index < -0.39 is 0 Å². The Morgan fingerprint density at radius 2 is 2.00 bits per heavy atom. The highest BCUT2D eigenvalue weighted by Gasteiger charge is 2.18. The zero-order chi connectivity index (χ0) is 15.2. The molecule has 0 amide bonds. The second-order valence-electron chi connectivity index (χ2n) is 6.43. The normalized spacial score (nSPS) is 19.1. The van der Waals surface area contributed by atoms with Gasteiger partial charge in [0.25, 0.3) is 0 Å². The smallest absolute Gasteiger partial charge is 0.0453 e. The summed E-state index contributed by atoms with van der Waals surface area (Å²) in [6.07, 6.45) is 3.58. The van der Waals surface area contributed by atoms with Crippen molar-refractivity contribution in [2.24, 2.45) is 11.7 Å². The molecule has 1 aromatic carbocycles. The molecular formula is C17H28ClN3. The number of nitrogens with zero attached hydrogens (tertiary/aromatic N) is 2. The molecule has 0 aliphatic carbocycles. The first-order valence-corrected chi connectivity index (χ1v) is 8.31. The van der Waals surface area contributed by atoms with Crippen molar-refractivity contribution in [1.82, 2.24) is 9.80 Å². The first kappa shape index (κ1) is 16.8. The van der Waals surface area contributed by atoms with Crippen molar-refractivity contribution in [2.75, 3.05) is 40.3 Å². The van der Waals surface area contributed by atoms with E-state index in [2.05, 4.69) is 23.9 Å². The summed E-state index contributed by atoms with van der Waals surface area (Å²) < 4.78 is 0. The third kappa shape index (κ3) is 5.26. The molecule has 0 spiro atoms. The van der Waals surface area contributed by atoms with Gasteiger partial charge in [-0.05, 0) is 70.5 Å². The Balaban J connectivity index is 1.73. The minimum atomic E-state index is 0.0265. The first-order valence-electron chi connectivity index (χ1n) is 7.93. The molecule has 0 bridgehead atoms. The average molecular weight is 310 g/mol. The monoisotopic (exact) mass is 309 g/mol. The summed E-state index contributed by atoms with van der Waals surface area (Å²) in [5.41, 5.74) is 7.34.